The highest BCUT2D eigenvalue weighted by Gasteiger charge is 2.46. The molecule has 6 rings (SSSR count). The van der Waals surface area contributed by atoms with E-state index in [9.17, 15) is 13.2 Å². The van der Waals surface area contributed by atoms with E-state index in [-0.39, 0.29) is 22.3 Å². The third-order valence-electron chi connectivity index (χ3n) is 6.43. The van der Waals surface area contributed by atoms with Gasteiger partial charge < -0.3 is 0 Å². The van der Waals surface area contributed by atoms with Gasteiger partial charge in [0.1, 0.15) is 0 Å². The van der Waals surface area contributed by atoms with Crippen molar-refractivity contribution in [3.63, 3.8) is 0 Å². The van der Waals surface area contributed by atoms with E-state index in [4.69, 9.17) is 0 Å². The summed E-state index contributed by atoms with van der Waals surface area (Å²) in [6, 6.07) is 6.83. The fourth-order valence-corrected chi connectivity index (χ4v) is 6.93. The molecule has 1 N–H and O–H groups in total. The Hall–Kier alpha value is -1.82. The Morgan fingerprint density at radius 3 is 2.20 bits per heavy atom. The van der Waals surface area contributed by atoms with Crippen molar-refractivity contribution in [2.24, 2.45) is 11.8 Å². The van der Waals surface area contributed by atoms with Crippen LogP contribution in [-0.2, 0) is 10.0 Å². The second-order valence-corrected chi connectivity index (χ2v) is 9.91. The Bertz CT molecular complexity index is 986. The Balaban J connectivity index is 1.72. The van der Waals surface area contributed by atoms with E-state index in [2.05, 4.69) is 5.10 Å². The van der Waals surface area contributed by atoms with Crippen molar-refractivity contribution < 1.29 is 8.42 Å². The van der Waals surface area contributed by atoms with Crippen LogP contribution in [0.2, 0.25) is 0 Å². The maximum Gasteiger partial charge on any atom is 0.281 e. The first-order chi connectivity index (χ1) is 11.9. The summed E-state index contributed by atoms with van der Waals surface area (Å²) < 4.78 is 27.6. The van der Waals surface area contributed by atoms with Gasteiger partial charge in [-0.1, -0.05) is 17.7 Å². The zero-order valence-corrected chi connectivity index (χ0v) is 15.1. The molecule has 1 heterocycles. The molecule has 0 amide bonds. The largest absolute Gasteiger partial charge is 0.281 e. The fourth-order valence-electron chi connectivity index (χ4n) is 5.53. The SMILES string of the molecule is Cc1ccc(S(=O)(=O)n2[nH]c(=O)c3c2C2CC4CC(CC3C4)C2)cc1. The molecule has 5 nitrogen and oxygen atoms in total. The van der Waals surface area contributed by atoms with Crippen LogP contribution >= 0.6 is 0 Å². The van der Waals surface area contributed by atoms with Crippen LogP contribution in [0, 0.1) is 18.8 Å². The first kappa shape index (κ1) is 15.4. The molecule has 4 bridgehead atoms. The number of benzene rings is 1. The van der Waals surface area contributed by atoms with E-state index < -0.39 is 10.0 Å². The lowest BCUT2D eigenvalue weighted by Crippen LogP contribution is -2.28. The van der Waals surface area contributed by atoms with Crippen LogP contribution in [0.4, 0.5) is 0 Å². The van der Waals surface area contributed by atoms with Gasteiger partial charge in [-0.2, -0.15) is 12.5 Å². The number of nitrogens with one attached hydrogen (secondary N) is 1. The topological polar surface area (TPSA) is 71.9 Å². The van der Waals surface area contributed by atoms with Gasteiger partial charge in [0, 0.05) is 11.5 Å². The second-order valence-electron chi connectivity index (χ2n) is 8.13. The lowest BCUT2D eigenvalue weighted by atomic mass is 9.67. The van der Waals surface area contributed by atoms with E-state index in [0.29, 0.717) is 11.8 Å². The maximum atomic E-state index is 13.2. The highest BCUT2D eigenvalue weighted by molar-refractivity contribution is 7.89. The maximum absolute atomic E-state index is 13.2. The van der Waals surface area contributed by atoms with E-state index in [0.717, 1.165) is 42.5 Å². The summed E-state index contributed by atoms with van der Waals surface area (Å²) in [5.74, 6) is 1.70. The van der Waals surface area contributed by atoms with Crippen molar-refractivity contribution in [3.05, 3.63) is 51.4 Å². The van der Waals surface area contributed by atoms with E-state index in [1.165, 1.54) is 10.5 Å². The van der Waals surface area contributed by atoms with Crippen molar-refractivity contribution in [2.75, 3.05) is 0 Å². The number of hydrogen-bond donors (Lipinski definition) is 1. The molecule has 2 aromatic rings. The summed E-state index contributed by atoms with van der Waals surface area (Å²) >= 11 is 0. The van der Waals surface area contributed by atoms with Crippen LogP contribution in [0.3, 0.4) is 0 Å². The Morgan fingerprint density at radius 1 is 0.960 bits per heavy atom. The summed E-state index contributed by atoms with van der Waals surface area (Å²) in [6.07, 6.45) is 5.36. The third-order valence-corrected chi connectivity index (χ3v) is 8.07. The number of hydrogen-bond acceptors (Lipinski definition) is 3. The molecule has 1 aromatic carbocycles. The molecule has 0 spiro atoms. The van der Waals surface area contributed by atoms with Crippen molar-refractivity contribution in [1.82, 2.24) is 9.19 Å². The van der Waals surface area contributed by atoms with Gasteiger partial charge in [0.05, 0.1) is 10.6 Å². The Kier molecular flexibility index (Phi) is 3.15. The molecule has 132 valence electrons. The smallest absolute Gasteiger partial charge is 0.268 e. The normalized spacial score (nSPS) is 30.3. The predicted molar refractivity (Wildman–Crippen MR) is 94.4 cm³/mol. The van der Waals surface area contributed by atoms with E-state index >= 15 is 0 Å². The number of H-pyrrole nitrogens is 1. The van der Waals surface area contributed by atoms with Gasteiger partial charge in [0.2, 0.25) is 0 Å². The van der Waals surface area contributed by atoms with Crippen LogP contribution < -0.4 is 5.56 Å². The zero-order valence-electron chi connectivity index (χ0n) is 14.2. The monoisotopic (exact) mass is 358 g/mol. The molecule has 2 saturated carbocycles. The van der Waals surface area contributed by atoms with Crippen molar-refractivity contribution in [2.45, 2.75) is 55.8 Å². The number of nitrogens with zero attached hydrogens (tertiary/aromatic N) is 1. The molecular formula is C19H22N2O3S. The van der Waals surface area contributed by atoms with Gasteiger partial charge >= 0.3 is 0 Å². The average molecular weight is 358 g/mol. The van der Waals surface area contributed by atoms with Crippen LogP contribution in [0.5, 0.6) is 0 Å². The standard InChI is InChI=1S/C19H22N2O3S/c1-11-2-4-16(5-3-11)25(23,24)21-18-15-9-12-6-13(10-15)8-14(7-12)17(18)19(22)20-21/h2-5,12-15H,6-10H2,1H3,(H,20,22). The molecule has 0 radical (unpaired) electrons. The van der Waals surface area contributed by atoms with Crippen molar-refractivity contribution >= 4 is 10.0 Å². The molecule has 6 heteroatoms. The molecule has 2 unspecified atom stereocenters. The summed E-state index contributed by atoms with van der Waals surface area (Å²) in [4.78, 5) is 12.9. The summed E-state index contributed by atoms with van der Waals surface area (Å²) in [5, 5.41) is 2.67. The van der Waals surface area contributed by atoms with Gasteiger partial charge in [-0.15, -0.1) is 0 Å². The van der Waals surface area contributed by atoms with Gasteiger partial charge in [-0.25, -0.2) is 5.10 Å². The number of aromatic amines is 1. The molecular weight excluding hydrogens is 336 g/mol. The molecule has 2 atom stereocenters. The molecule has 2 fully saturated rings. The van der Waals surface area contributed by atoms with Gasteiger partial charge in [0.15, 0.2) is 0 Å². The van der Waals surface area contributed by atoms with Crippen LogP contribution in [-0.4, -0.2) is 17.6 Å². The van der Waals surface area contributed by atoms with Gasteiger partial charge in [-0.05, 0) is 68.9 Å². The first-order valence-corrected chi connectivity index (χ1v) is 10.5. The highest BCUT2D eigenvalue weighted by atomic mass is 32.2. The number of rotatable bonds is 2. The summed E-state index contributed by atoms with van der Waals surface area (Å²) in [7, 11) is -3.77. The van der Waals surface area contributed by atoms with Gasteiger partial charge in [0.25, 0.3) is 15.6 Å². The summed E-state index contributed by atoms with van der Waals surface area (Å²) in [6.45, 7) is 1.93. The quantitative estimate of drug-likeness (QED) is 0.896. The molecule has 0 aliphatic heterocycles. The zero-order chi connectivity index (χ0) is 17.3. The second kappa shape index (κ2) is 5.10. The van der Waals surface area contributed by atoms with Crippen molar-refractivity contribution in [3.8, 4) is 0 Å². The Labute approximate surface area is 147 Å². The predicted octanol–water partition coefficient (Wildman–Crippen LogP) is 3.11. The molecule has 4 aliphatic rings. The average Bonchev–Trinajstić information content (AvgIpc) is 2.82. The van der Waals surface area contributed by atoms with Gasteiger partial charge in [-0.3, -0.25) is 4.79 Å². The van der Waals surface area contributed by atoms with Crippen LogP contribution in [0.25, 0.3) is 0 Å². The first-order valence-electron chi connectivity index (χ1n) is 9.10. The lowest BCUT2D eigenvalue weighted by Gasteiger charge is -2.38. The molecule has 1 aromatic heterocycles. The highest BCUT2D eigenvalue weighted by Crippen LogP contribution is 2.55. The minimum atomic E-state index is -3.77. The third kappa shape index (κ3) is 2.19. The summed E-state index contributed by atoms with van der Waals surface area (Å²) in [5.41, 5.74) is 2.31. The number of aromatic nitrogens is 2. The molecule has 4 aliphatic carbocycles. The molecule has 0 saturated heterocycles. The Morgan fingerprint density at radius 2 is 1.56 bits per heavy atom. The lowest BCUT2D eigenvalue weighted by molar-refractivity contribution is 0.163. The van der Waals surface area contributed by atoms with Crippen LogP contribution in [0.15, 0.2) is 34.0 Å². The van der Waals surface area contributed by atoms with E-state index in [1.54, 1.807) is 24.3 Å². The molecule has 25 heavy (non-hydrogen) atoms. The fraction of sp³-hybridized carbons (Fsp3) is 0.526. The van der Waals surface area contributed by atoms with Crippen LogP contribution in [0.1, 0.15) is 60.8 Å². The minimum Gasteiger partial charge on any atom is -0.268 e. The van der Waals surface area contributed by atoms with E-state index in [1.807, 2.05) is 6.92 Å². The minimum absolute atomic E-state index is 0.186. The van der Waals surface area contributed by atoms with Crippen molar-refractivity contribution in [1.29, 1.82) is 0 Å². The number of aryl methyl sites for hydroxylation is 1.